The lowest BCUT2D eigenvalue weighted by Crippen LogP contribution is -2.43. The van der Waals surface area contributed by atoms with Crippen LogP contribution in [0, 0.1) is 16.0 Å². The van der Waals surface area contributed by atoms with Crippen LogP contribution in [0.3, 0.4) is 0 Å². The molecule has 170 valence electrons. The number of carbonyl (C=O) groups is 1. The number of nitro benzene ring substituents is 1. The van der Waals surface area contributed by atoms with Crippen LogP contribution in [-0.4, -0.2) is 35.6 Å². The molecule has 2 heterocycles. The van der Waals surface area contributed by atoms with Crippen LogP contribution in [0.2, 0.25) is 0 Å². The number of amides is 1. The van der Waals surface area contributed by atoms with Crippen molar-refractivity contribution < 1.29 is 19.2 Å². The van der Waals surface area contributed by atoms with Crippen LogP contribution < -0.4 is 14.8 Å². The van der Waals surface area contributed by atoms with Crippen molar-refractivity contribution >= 4 is 17.3 Å². The number of anilines is 1. The van der Waals surface area contributed by atoms with E-state index in [4.69, 9.17) is 9.47 Å². The summed E-state index contributed by atoms with van der Waals surface area (Å²) < 4.78 is 10.8. The SMILES string of the molecule is CC1CCCN(C(C(=O)Nc2ccc(C(C)C)cc2)c2cc3c(cc2[N+](=O)[O-])OCO3)C1. The van der Waals surface area contributed by atoms with Crippen molar-refractivity contribution in [1.82, 2.24) is 4.90 Å². The van der Waals surface area contributed by atoms with Gasteiger partial charge in [-0.1, -0.05) is 32.9 Å². The Balaban J connectivity index is 1.71. The van der Waals surface area contributed by atoms with Gasteiger partial charge in [-0.15, -0.1) is 0 Å². The molecule has 0 saturated carbocycles. The molecule has 1 saturated heterocycles. The number of rotatable bonds is 6. The van der Waals surface area contributed by atoms with Crippen LogP contribution in [0.4, 0.5) is 11.4 Å². The number of hydrogen-bond acceptors (Lipinski definition) is 6. The number of carbonyl (C=O) groups excluding carboxylic acids is 1. The second-order valence-electron chi connectivity index (χ2n) is 8.93. The first kappa shape index (κ1) is 22.1. The van der Waals surface area contributed by atoms with Crippen molar-refractivity contribution in [3.63, 3.8) is 0 Å². The summed E-state index contributed by atoms with van der Waals surface area (Å²) in [6.07, 6.45) is 2.01. The molecule has 1 fully saturated rings. The van der Waals surface area contributed by atoms with E-state index in [9.17, 15) is 14.9 Å². The highest BCUT2D eigenvalue weighted by Gasteiger charge is 2.37. The number of fused-ring (bicyclic) bond motifs is 1. The first-order valence-electron chi connectivity index (χ1n) is 11.1. The molecular formula is C24H29N3O5. The third kappa shape index (κ3) is 4.55. The lowest BCUT2D eigenvalue weighted by atomic mass is 9.94. The third-order valence-corrected chi connectivity index (χ3v) is 6.16. The highest BCUT2D eigenvalue weighted by Crippen LogP contribution is 2.42. The quantitative estimate of drug-likeness (QED) is 0.510. The molecule has 32 heavy (non-hydrogen) atoms. The van der Waals surface area contributed by atoms with Gasteiger partial charge in [0.2, 0.25) is 12.7 Å². The van der Waals surface area contributed by atoms with Gasteiger partial charge in [-0.3, -0.25) is 19.8 Å². The molecule has 1 amide bonds. The Bertz CT molecular complexity index is 1010. The van der Waals surface area contributed by atoms with Crippen molar-refractivity contribution in [2.45, 2.75) is 45.6 Å². The van der Waals surface area contributed by atoms with Gasteiger partial charge >= 0.3 is 0 Å². The van der Waals surface area contributed by atoms with Gasteiger partial charge in [0.1, 0.15) is 6.04 Å². The maximum absolute atomic E-state index is 13.6. The summed E-state index contributed by atoms with van der Waals surface area (Å²) in [6, 6.07) is 9.86. The molecular weight excluding hydrogens is 410 g/mol. The van der Waals surface area contributed by atoms with Crippen LogP contribution in [0.25, 0.3) is 0 Å². The molecule has 0 radical (unpaired) electrons. The largest absolute Gasteiger partial charge is 0.454 e. The first-order valence-corrected chi connectivity index (χ1v) is 11.1. The molecule has 4 rings (SSSR count). The van der Waals surface area contributed by atoms with Crippen molar-refractivity contribution in [3.8, 4) is 11.5 Å². The summed E-state index contributed by atoms with van der Waals surface area (Å²) >= 11 is 0. The predicted molar refractivity (Wildman–Crippen MR) is 121 cm³/mol. The summed E-state index contributed by atoms with van der Waals surface area (Å²) in [4.78, 5) is 27.1. The van der Waals surface area contributed by atoms with E-state index in [-0.39, 0.29) is 18.4 Å². The zero-order chi connectivity index (χ0) is 22.8. The second kappa shape index (κ2) is 9.16. The number of hydrogen-bond donors (Lipinski definition) is 1. The second-order valence-corrected chi connectivity index (χ2v) is 8.93. The Morgan fingerprint density at radius 3 is 2.50 bits per heavy atom. The lowest BCUT2D eigenvalue weighted by molar-refractivity contribution is -0.386. The van der Waals surface area contributed by atoms with Gasteiger partial charge in [-0.05, 0) is 55.0 Å². The molecule has 0 aliphatic carbocycles. The first-order chi connectivity index (χ1) is 15.3. The fourth-order valence-corrected chi connectivity index (χ4v) is 4.45. The average Bonchev–Trinajstić information content (AvgIpc) is 3.21. The van der Waals surface area contributed by atoms with E-state index in [0.29, 0.717) is 47.7 Å². The maximum atomic E-state index is 13.6. The monoisotopic (exact) mass is 439 g/mol. The minimum Gasteiger partial charge on any atom is -0.454 e. The Kier molecular flexibility index (Phi) is 6.32. The van der Waals surface area contributed by atoms with Gasteiger partial charge in [0.05, 0.1) is 16.6 Å². The number of ether oxygens (including phenoxy) is 2. The number of nitro groups is 1. The molecule has 8 nitrogen and oxygen atoms in total. The fraction of sp³-hybridized carbons (Fsp3) is 0.458. The van der Waals surface area contributed by atoms with Crippen LogP contribution in [-0.2, 0) is 4.79 Å². The van der Waals surface area contributed by atoms with Gasteiger partial charge < -0.3 is 14.8 Å². The van der Waals surface area contributed by atoms with Crippen molar-refractivity contribution in [2.24, 2.45) is 5.92 Å². The lowest BCUT2D eigenvalue weighted by Gasteiger charge is -2.36. The average molecular weight is 440 g/mol. The third-order valence-electron chi connectivity index (χ3n) is 6.16. The summed E-state index contributed by atoms with van der Waals surface area (Å²) in [6.45, 7) is 7.76. The van der Waals surface area contributed by atoms with Crippen molar-refractivity contribution in [2.75, 3.05) is 25.2 Å². The molecule has 2 aliphatic rings. The summed E-state index contributed by atoms with van der Waals surface area (Å²) in [5.41, 5.74) is 2.03. The van der Waals surface area contributed by atoms with Gasteiger partial charge in [-0.25, -0.2) is 0 Å². The zero-order valence-electron chi connectivity index (χ0n) is 18.7. The predicted octanol–water partition coefficient (Wildman–Crippen LogP) is 4.86. The van der Waals surface area contributed by atoms with Gasteiger partial charge in [0, 0.05) is 12.2 Å². The van der Waals surface area contributed by atoms with E-state index >= 15 is 0 Å². The minimum absolute atomic E-state index is 0.00967. The summed E-state index contributed by atoms with van der Waals surface area (Å²) in [7, 11) is 0. The summed E-state index contributed by atoms with van der Waals surface area (Å²) in [5, 5.41) is 14.9. The van der Waals surface area contributed by atoms with Crippen LogP contribution >= 0.6 is 0 Å². The fourth-order valence-electron chi connectivity index (χ4n) is 4.45. The molecule has 8 heteroatoms. The maximum Gasteiger partial charge on any atom is 0.278 e. The highest BCUT2D eigenvalue weighted by molar-refractivity contribution is 5.96. The molecule has 2 aromatic rings. The number of benzene rings is 2. The van der Waals surface area contributed by atoms with E-state index in [0.717, 1.165) is 12.8 Å². The van der Waals surface area contributed by atoms with Gasteiger partial charge in [0.15, 0.2) is 11.5 Å². The van der Waals surface area contributed by atoms with E-state index in [1.807, 2.05) is 29.2 Å². The van der Waals surface area contributed by atoms with Crippen LogP contribution in [0.1, 0.15) is 56.7 Å². The molecule has 0 bridgehead atoms. The number of likely N-dealkylation sites (tertiary alicyclic amines) is 1. The number of nitrogens with zero attached hydrogens (tertiary/aromatic N) is 2. The number of nitrogens with one attached hydrogen (secondary N) is 1. The molecule has 2 atom stereocenters. The highest BCUT2D eigenvalue weighted by atomic mass is 16.7. The van der Waals surface area contributed by atoms with Gasteiger partial charge in [0.25, 0.3) is 5.69 Å². The Labute approximate surface area is 187 Å². The van der Waals surface area contributed by atoms with Crippen molar-refractivity contribution in [1.29, 1.82) is 0 Å². The Morgan fingerprint density at radius 2 is 1.88 bits per heavy atom. The smallest absolute Gasteiger partial charge is 0.278 e. The number of piperidine rings is 1. The topological polar surface area (TPSA) is 93.9 Å². The van der Waals surface area contributed by atoms with E-state index < -0.39 is 11.0 Å². The zero-order valence-corrected chi connectivity index (χ0v) is 18.7. The molecule has 2 unspecified atom stereocenters. The molecule has 2 aliphatic heterocycles. The molecule has 0 spiro atoms. The molecule has 0 aromatic heterocycles. The Morgan fingerprint density at radius 1 is 1.19 bits per heavy atom. The van der Waals surface area contributed by atoms with Crippen molar-refractivity contribution in [3.05, 3.63) is 57.6 Å². The Hall–Kier alpha value is -3.13. The molecule has 2 aromatic carbocycles. The summed E-state index contributed by atoms with van der Waals surface area (Å²) in [5.74, 6) is 1.25. The normalized spacial score (nSPS) is 19.1. The van der Waals surface area contributed by atoms with Crippen LogP contribution in [0.15, 0.2) is 36.4 Å². The van der Waals surface area contributed by atoms with E-state index in [1.165, 1.54) is 11.6 Å². The van der Waals surface area contributed by atoms with Gasteiger partial charge in [-0.2, -0.15) is 0 Å². The standard InChI is InChI=1S/C24H29N3O5/c1-15(2)17-6-8-18(9-7-17)25-24(28)23(26-10-4-5-16(3)13-26)19-11-21-22(32-14-31-21)12-20(19)27(29)30/h6-9,11-12,15-16,23H,4-5,10,13-14H2,1-3H3,(H,25,28). The van der Waals surface area contributed by atoms with E-state index in [1.54, 1.807) is 6.07 Å². The van der Waals surface area contributed by atoms with E-state index in [2.05, 4.69) is 26.1 Å². The van der Waals surface area contributed by atoms with Crippen LogP contribution in [0.5, 0.6) is 11.5 Å². The minimum atomic E-state index is -0.808. The molecule has 1 N–H and O–H groups in total.